The van der Waals surface area contributed by atoms with Crippen LogP contribution in [0.15, 0.2) is 47.1 Å². The first-order chi connectivity index (χ1) is 14.0. The van der Waals surface area contributed by atoms with Crippen molar-refractivity contribution < 1.29 is 13.6 Å². The monoisotopic (exact) mass is 409 g/mol. The number of carbonyl (C=O) groups is 1. The molecule has 7 heteroatoms. The van der Waals surface area contributed by atoms with Crippen LogP contribution >= 0.6 is 11.3 Å². The van der Waals surface area contributed by atoms with Crippen molar-refractivity contribution in [3.05, 3.63) is 70.2 Å². The van der Waals surface area contributed by atoms with Gasteiger partial charge in [-0.2, -0.15) is 0 Å². The van der Waals surface area contributed by atoms with Gasteiger partial charge in [-0.05, 0) is 56.2 Å². The van der Waals surface area contributed by atoms with Crippen LogP contribution in [0, 0.1) is 19.7 Å². The van der Waals surface area contributed by atoms with Crippen LogP contribution in [0.3, 0.4) is 0 Å². The Morgan fingerprint density at radius 2 is 2.03 bits per heavy atom. The fourth-order valence-electron chi connectivity index (χ4n) is 3.39. The van der Waals surface area contributed by atoms with Gasteiger partial charge in [0.1, 0.15) is 10.6 Å². The lowest BCUT2D eigenvalue weighted by Gasteiger charge is -2.20. The number of aromatic nitrogens is 2. The van der Waals surface area contributed by atoms with Gasteiger partial charge in [0, 0.05) is 18.5 Å². The number of nitrogens with zero attached hydrogens (tertiary/aromatic N) is 3. The summed E-state index contributed by atoms with van der Waals surface area (Å²) < 4.78 is 18.9. The third-order valence-corrected chi connectivity index (χ3v) is 6.01. The average molecular weight is 409 g/mol. The number of rotatable bonds is 5. The summed E-state index contributed by atoms with van der Waals surface area (Å²) in [5.41, 5.74) is 2.44. The fourth-order valence-corrected chi connectivity index (χ4v) is 4.59. The van der Waals surface area contributed by atoms with Crippen molar-refractivity contribution in [2.45, 2.75) is 27.3 Å². The standard InChI is InChI=1S/C22H20FN3O2S/c1-4-26(12-15-7-5-8-16(23)11-15)22(27)19-13(2)18-14(3)24-20(25-21(18)29-19)17-9-6-10-28-17/h5-11H,4,12H2,1-3H3. The number of furan rings is 1. The quantitative estimate of drug-likeness (QED) is 0.445. The van der Waals surface area contributed by atoms with Gasteiger partial charge in [-0.1, -0.05) is 12.1 Å². The minimum atomic E-state index is -0.305. The van der Waals surface area contributed by atoms with Gasteiger partial charge in [0.05, 0.1) is 16.8 Å². The SMILES string of the molecule is CCN(Cc1cccc(F)c1)C(=O)c1sc2nc(-c3ccco3)nc(C)c2c1C. The molecule has 29 heavy (non-hydrogen) atoms. The Morgan fingerprint density at radius 1 is 1.21 bits per heavy atom. The maximum Gasteiger partial charge on any atom is 0.264 e. The Kier molecular flexibility index (Phi) is 5.15. The van der Waals surface area contributed by atoms with Crippen LogP contribution < -0.4 is 0 Å². The number of amides is 1. The second-order valence-electron chi connectivity index (χ2n) is 6.80. The molecule has 3 heterocycles. The number of aryl methyl sites for hydroxylation is 2. The van der Waals surface area contributed by atoms with E-state index in [1.165, 1.54) is 23.5 Å². The van der Waals surface area contributed by atoms with E-state index < -0.39 is 0 Å². The molecule has 148 valence electrons. The molecule has 0 unspecified atom stereocenters. The third-order valence-electron chi connectivity index (χ3n) is 4.84. The maximum absolute atomic E-state index is 13.5. The predicted molar refractivity (Wildman–Crippen MR) is 111 cm³/mol. The van der Waals surface area contributed by atoms with Crippen LogP contribution in [0.1, 0.15) is 33.4 Å². The first-order valence-electron chi connectivity index (χ1n) is 9.33. The first kappa shape index (κ1) is 19.3. The van der Waals surface area contributed by atoms with Crippen LogP contribution in [-0.2, 0) is 6.54 Å². The number of benzene rings is 1. The molecule has 1 aromatic carbocycles. The van der Waals surface area contributed by atoms with E-state index in [2.05, 4.69) is 9.97 Å². The molecule has 0 aliphatic rings. The second kappa shape index (κ2) is 7.75. The number of hydrogen-bond acceptors (Lipinski definition) is 5. The molecule has 0 saturated carbocycles. The van der Waals surface area contributed by atoms with Crippen molar-refractivity contribution in [2.75, 3.05) is 6.54 Å². The van der Waals surface area contributed by atoms with Crippen LogP contribution in [0.5, 0.6) is 0 Å². The molecule has 0 N–H and O–H groups in total. The predicted octanol–water partition coefficient (Wildman–Crippen LogP) is 5.37. The van der Waals surface area contributed by atoms with Gasteiger partial charge in [-0.3, -0.25) is 4.79 Å². The highest BCUT2D eigenvalue weighted by Gasteiger charge is 2.23. The highest BCUT2D eigenvalue weighted by molar-refractivity contribution is 7.20. The fraction of sp³-hybridized carbons (Fsp3) is 0.227. The highest BCUT2D eigenvalue weighted by atomic mass is 32.1. The summed E-state index contributed by atoms with van der Waals surface area (Å²) in [7, 11) is 0. The zero-order chi connectivity index (χ0) is 20.5. The molecule has 0 aliphatic carbocycles. The van der Waals surface area contributed by atoms with E-state index in [-0.39, 0.29) is 11.7 Å². The number of thiophene rings is 1. The van der Waals surface area contributed by atoms with Crippen molar-refractivity contribution >= 4 is 27.5 Å². The van der Waals surface area contributed by atoms with Gasteiger partial charge in [-0.15, -0.1) is 11.3 Å². The van der Waals surface area contributed by atoms with E-state index in [9.17, 15) is 9.18 Å². The molecular formula is C22H20FN3O2S. The van der Waals surface area contributed by atoms with Crippen LogP contribution in [-0.4, -0.2) is 27.3 Å². The van der Waals surface area contributed by atoms with E-state index in [0.717, 1.165) is 27.0 Å². The Morgan fingerprint density at radius 3 is 2.72 bits per heavy atom. The average Bonchev–Trinajstić information content (AvgIpc) is 3.34. The van der Waals surface area contributed by atoms with E-state index >= 15 is 0 Å². The molecular weight excluding hydrogens is 389 g/mol. The Labute approximate surface area is 171 Å². The topological polar surface area (TPSA) is 59.2 Å². The molecule has 0 aliphatic heterocycles. The number of fused-ring (bicyclic) bond motifs is 1. The van der Waals surface area contributed by atoms with Gasteiger partial charge in [0.15, 0.2) is 11.6 Å². The molecule has 0 saturated heterocycles. The normalized spacial score (nSPS) is 11.2. The van der Waals surface area contributed by atoms with Crippen LogP contribution in [0.4, 0.5) is 4.39 Å². The summed E-state index contributed by atoms with van der Waals surface area (Å²) in [5.74, 6) is 0.708. The lowest BCUT2D eigenvalue weighted by atomic mass is 10.1. The molecule has 4 rings (SSSR count). The molecule has 0 spiro atoms. The van der Waals surface area contributed by atoms with Gasteiger partial charge >= 0.3 is 0 Å². The summed E-state index contributed by atoms with van der Waals surface area (Å²) in [4.78, 5) is 25.5. The van der Waals surface area contributed by atoms with Crippen molar-refractivity contribution in [1.82, 2.24) is 14.9 Å². The van der Waals surface area contributed by atoms with Gasteiger partial charge in [0.25, 0.3) is 5.91 Å². The molecule has 4 aromatic rings. The Hall–Kier alpha value is -3.06. The molecule has 0 fully saturated rings. The number of carbonyl (C=O) groups excluding carboxylic acids is 1. The van der Waals surface area contributed by atoms with E-state index in [1.54, 1.807) is 23.3 Å². The smallest absolute Gasteiger partial charge is 0.264 e. The maximum atomic E-state index is 13.5. The molecule has 0 radical (unpaired) electrons. The summed E-state index contributed by atoms with van der Waals surface area (Å²) in [5, 5.41) is 0.899. The zero-order valence-electron chi connectivity index (χ0n) is 16.4. The van der Waals surface area contributed by atoms with Crippen molar-refractivity contribution in [2.24, 2.45) is 0 Å². The molecule has 3 aromatic heterocycles. The van der Waals surface area contributed by atoms with Gasteiger partial charge in [-0.25, -0.2) is 14.4 Å². The van der Waals surface area contributed by atoms with Crippen LogP contribution in [0.25, 0.3) is 21.8 Å². The highest BCUT2D eigenvalue weighted by Crippen LogP contribution is 2.34. The molecule has 5 nitrogen and oxygen atoms in total. The minimum absolute atomic E-state index is 0.0868. The molecule has 1 amide bonds. The summed E-state index contributed by atoms with van der Waals surface area (Å²) in [6, 6.07) is 9.93. The molecule has 0 atom stereocenters. The summed E-state index contributed by atoms with van der Waals surface area (Å²) in [6.07, 6.45) is 1.58. The van der Waals surface area contributed by atoms with Gasteiger partial charge < -0.3 is 9.32 Å². The van der Waals surface area contributed by atoms with Crippen LogP contribution in [0.2, 0.25) is 0 Å². The lowest BCUT2D eigenvalue weighted by Crippen LogP contribution is -2.30. The second-order valence-corrected chi connectivity index (χ2v) is 7.79. The van der Waals surface area contributed by atoms with Crippen molar-refractivity contribution in [3.8, 4) is 11.6 Å². The third kappa shape index (κ3) is 3.65. The van der Waals surface area contributed by atoms with Gasteiger partial charge in [0.2, 0.25) is 0 Å². The first-order valence-corrected chi connectivity index (χ1v) is 10.1. The minimum Gasteiger partial charge on any atom is -0.461 e. The van der Waals surface area contributed by atoms with Crippen molar-refractivity contribution in [3.63, 3.8) is 0 Å². The Balaban J connectivity index is 1.71. The van der Waals surface area contributed by atoms with Crippen molar-refractivity contribution in [1.29, 1.82) is 0 Å². The number of hydrogen-bond donors (Lipinski definition) is 0. The van der Waals surface area contributed by atoms with E-state index in [0.29, 0.717) is 29.6 Å². The largest absolute Gasteiger partial charge is 0.461 e. The molecule has 0 bridgehead atoms. The summed E-state index contributed by atoms with van der Waals surface area (Å²) >= 11 is 1.36. The Bertz CT molecular complexity index is 1180. The summed E-state index contributed by atoms with van der Waals surface area (Å²) in [6.45, 7) is 6.62. The number of halogens is 1. The van der Waals surface area contributed by atoms with E-state index in [4.69, 9.17) is 4.42 Å². The van der Waals surface area contributed by atoms with E-state index in [1.807, 2.05) is 32.9 Å². The zero-order valence-corrected chi connectivity index (χ0v) is 17.2. The lowest BCUT2D eigenvalue weighted by molar-refractivity contribution is 0.0756.